The number of nitrogen functional groups attached to an aromatic ring is 1. The molecule has 2 N–H and O–H groups in total. The Hall–Kier alpha value is -3.44. The second-order valence-electron chi connectivity index (χ2n) is 7.31. The predicted octanol–water partition coefficient (Wildman–Crippen LogP) is 2.92. The molecule has 29 heavy (non-hydrogen) atoms. The van der Waals surface area contributed by atoms with Gasteiger partial charge in [0, 0.05) is 18.7 Å². The van der Waals surface area contributed by atoms with Crippen molar-refractivity contribution in [3.8, 4) is 29.0 Å². The van der Waals surface area contributed by atoms with E-state index in [4.69, 9.17) is 15.7 Å². The first-order valence-corrected chi connectivity index (χ1v) is 9.54. The molecule has 3 aromatic rings. The number of hydrogen-bond donors (Lipinski definition) is 1. The van der Waals surface area contributed by atoms with Crippen LogP contribution in [0.5, 0.6) is 11.6 Å². The Morgan fingerprint density at radius 2 is 2.17 bits per heavy atom. The highest BCUT2D eigenvalue weighted by molar-refractivity contribution is 5.64. The molecule has 0 saturated carbocycles. The molecule has 0 fully saturated rings. The van der Waals surface area contributed by atoms with Crippen molar-refractivity contribution in [2.75, 3.05) is 19.3 Å². The summed E-state index contributed by atoms with van der Waals surface area (Å²) in [6.07, 6.45) is 6.37. The zero-order chi connectivity index (χ0) is 20.4. The van der Waals surface area contributed by atoms with E-state index in [-0.39, 0.29) is 11.7 Å². The lowest BCUT2D eigenvalue weighted by Crippen LogP contribution is -2.27. The summed E-state index contributed by atoms with van der Waals surface area (Å²) in [5.41, 5.74) is 11.7. The Kier molecular flexibility index (Phi) is 5.14. The van der Waals surface area contributed by atoms with Crippen molar-refractivity contribution in [1.82, 2.24) is 24.6 Å². The number of benzene rings is 1. The molecule has 1 aliphatic rings. The maximum Gasteiger partial charge on any atom is 0.263 e. The van der Waals surface area contributed by atoms with Crippen LogP contribution in [0.4, 0.5) is 5.82 Å². The van der Waals surface area contributed by atoms with Crippen LogP contribution in [0.15, 0.2) is 30.7 Å². The van der Waals surface area contributed by atoms with Gasteiger partial charge in [0.05, 0.1) is 43.3 Å². The van der Waals surface area contributed by atoms with Crippen molar-refractivity contribution in [1.29, 1.82) is 5.26 Å². The van der Waals surface area contributed by atoms with Crippen LogP contribution in [0.25, 0.3) is 11.3 Å². The molecule has 8 nitrogen and oxygen atoms in total. The van der Waals surface area contributed by atoms with Crippen molar-refractivity contribution in [2.24, 2.45) is 0 Å². The molecule has 0 spiro atoms. The van der Waals surface area contributed by atoms with Crippen molar-refractivity contribution in [3.05, 3.63) is 47.4 Å². The third-order valence-electron chi connectivity index (χ3n) is 5.10. The van der Waals surface area contributed by atoms with Crippen LogP contribution < -0.4 is 10.5 Å². The third-order valence-corrected chi connectivity index (χ3v) is 5.10. The molecule has 0 radical (unpaired) electrons. The SMILES string of the molecule is Cc1cc(-c2cnc(N)c(Oc3cnn(CCC#N)c3)n2)cc2c1CN(C)CC2. The standard InChI is InChI=1S/C21H23N7O/c1-14-8-16(9-15-4-7-27(2)13-18(14)15)19-11-24-20(23)21(26-19)29-17-10-25-28(12-17)6-3-5-22/h8-12H,3-4,6-7,13H2,1-2H3,(H2,23,24). The molecule has 0 atom stereocenters. The maximum atomic E-state index is 8.69. The lowest BCUT2D eigenvalue weighted by molar-refractivity contribution is 0.312. The summed E-state index contributed by atoms with van der Waals surface area (Å²) in [4.78, 5) is 11.2. The van der Waals surface area contributed by atoms with E-state index >= 15 is 0 Å². The van der Waals surface area contributed by atoms with Crippen LogP contribution in [-0.2, 0) is 19.5 Å². The zero-order valence-corrected chi connectivity index (χ0v) is 16.6. The molecule has 1 aromatic carbocycles. The fourth-order valence-corrected chi connectivity index (χ4v) is 3.54. The molecule has 2 aromatic heterocycles. The molecule has 3 heterocycles. The summed E-state index contributed by atoms with van der Waals surface area (Å²) in [7, 11) is 2.15. The number of anilines is 1. The van der Waals surface area contributed by atoms with E-state index in [9.17, 15) is 0 Å². The number of nitriles is 1. The molecular formula is C21H23N7O. The van der Waals surface area contributed by atoms with Gasteiger partial charge in [-0.15, -0.1) is 0 Å². The van der Waals surface area contributed by atoms with Gasteiger partial charge in [-0.3, -0.25) is 4.68 Å². The lowest BCUT2D eigenvalue weighted by Gasteiger charge is -2.27. The van der Waals surface area contributed by atoms with Gasteiger partial charge in [-0.1, -0.05) is 0 Å². The van der Waals surface area contributed by atoms with Crippen LogP contribution in [0.1, 0.15) is 23.1 Å². The topological polar surface area (TPSA) is 106 Å². The largest absolute Gasteiger partial charge is 0.433 e. The maximum absolute atomic E-state index is 8.69. The normalized spacial score (nSPS) is 13.7. The molecule has 4 rings (SSSR count). The van der Waals surface area contributed by atoms with Gasteiger partial charge in [-0.2, -0.15) is 10.4 Å². The Morgan fingerprint density at radius 1 is 1.31 bits per heavy atom. The van der Waals surface area contributed by atoms with Gasteiger partial charge in [0.25, 0.3) is 5.88 Å². The zero-order valence-electron chi connectivity index (χ0n) is 16.6. The summed E-state index contributed by atoms with van der Waals surface area (Å²) in [5, 5.41) is 12.9. The summed E-state index contributed by atoms with van der Waals surface area (Å²) >= 11 is 0. The van der Waals surface area contributed by atoms with E-state index in [0.717, 1.165) is 30.8 Å². The number of fused-ring (bicyclic) bond motifs is 1. The van der Waals surface area contributed by atoms with Crippen molar-refractivity contribution in [2.45, 2.75) is 32.9 Å². The fourth-order valence-electron chi connectivity index (χ4n) is 3.54. The smallest absolute Gasteiger partial charge is 0.263 e. The van der Waals surface area contributed by atoms with Gasteiger partial charge in [0.1, 0.15) is 0 Å². The highest BCUT2D eigenvalue weighted by Crippen LogP contribution is 2.31. The van der Waals surface area contributed by atoms with E-state index < -0.39 is 0 Å². The lowest BCUT2D eigenvalue weighted by atomic mass is 9.92. The molecule has 0 saturated heterocycles. The minimum absolute atomic E-state index is 0.217. The minimum Gasteiger partial charge on any atom is -0.433 e. The van der Waals surface area contributed by atoms with Crippen LogP contribution in [0.3, 0.4) is 0 Å². The van der Waals surface area contributed by atoms with Gasteiger partial charge in [0.2, 0.25) is 0 Å². The number of hydrogen-bond acceptors (Lipinski definition) is 7. The first-order valence-electron chi connectivity index (χ1n) is 9.54. The second-order valence-corrected chi connectivity index (χ2v) is 7.31. The minimum atomic E-state index is 0.217. The Labute approximate surface area is 169 Å². The number of nitrogens with two attached hydrogens (primary N) is 1. The van der Waals surface area contributed by atoms with E-state index in [1.165, 1.54) is 16.7 Å². The average Bonchev–Trinajstić information content (AvgIpc) is 3.16. The van der Waals surface area contributed by atoms with Crippen molar-refractivity contribution in [3.63, 3.8) is 0 Å². The molecule has 0 bridgehead atoms. The highest BCUT2D eigenvalue weighted by Gasteiger charge is 2.18. The van der Waals surface area contributed by atoms with Gasteiger partial charge >= 0.3 is 0 Å². The first kappa shape index (κ1) is 18.9. The third kappa shape index (κ3) is 4.05. The van der Waals surface area contributed by atoms with Crippen LogP contribution in [0.2, 0.25) is 0 Å². The number of aromatic nitrogens is 4. The molecule has 0 unspecified atom stereocenters. The summed E-state index contributed by atoms with van der Waals surface area (Å²) < 4.78 is 7.47. The van der Waals surface area contributed by atoms with Gasteiger partial charge < -0.3 is 15.4 Å². The van der Waals surface area contributed by atoms with Crippen LogP contribution in [0, 0.1) is 18.3 Å². The van der Waals surface area contributed by atoms with Crippen LogP contribution in [-0.4, -0.2) is 38.2 Å². The molecule has 1 aliphatic heterocycles. The van der Waals surface area contributed by atoms with Gasteiger partial charge in [0.15, 0.2) is 11.6 Å². The van der Waals surface area contributed by atoms with E-state index in [1.807, 2.05) is 0 Å². The van der Waals surface area contributed by atoms with Crippen molar-refractivity contribution >= 4 is 5.82 Å². The number of ether oxygens (including phenoxy) is 1. The summed E-state index contributed by atoms with van der Waals surface area (Å²) in [5.74, 6) is 0.970. The monoisotopic (exact) mass is 389 g/mol. The summed E-state index contributed by atoms with van der Waals surface area (Å²) in [6, 6.07) is 6.43. The summed E-state index contributed by atoms with van der Waals surface area (Å²) in [6.45, 7) is 4.66. The first-order chi connectivity index (χ1) is 14.0. The van der Waals surface area contributed by atoms with Crippen LogP contribution >= 0.6 is 0 Å². The Bertz CT molecular complexity index is 1080. The van der Waals surface area contributed by atoms with Gasteiger partial charge in [-0.25, -0.2) is 9.97 Å². The Morgan fingerprint density at radius 3 is 3.00 bits per heavy atom. The van der Waals surface area contributed by atoms with E-state index in [2.05, 4.69) is 52.1 Å². The fraction of sp³-hybridized carbons (Fsp3) is 0.333. The molecular weight excluding hydrogens is 366 g/mol. The predicted molar refractivity (Wildman–Crippen MR) is 109 cm³/mol. The number of nitrogens with zero attached hydrogens (tertiary/aromatic N) is 6. The molecule has 148 valence electrons. The molecule has 8 heteroatoms. The highest BCUT2D eigenvalue weighted by atomic mass is 16.5. The Balaban J connectivity index is 1.61. The number of rotatable bonds is 5. The van der Waals surface area contributed by atoms with Gasteiger partial charge in [-0.05, 0) is 49.2 Å². The number of aryl methyl sites for hydroxylation is 2. The molecule has 0 aliphatic carbocycles. The van der Waals surface area contributed by atoms with E-state index in [0.29, 0.717) is 18.7 Å². The molecule has 0 amide bonds. The second kappa shape index (κ2) is 7.89. The number of likely N-dealkylation sites (N-methyl/N-ethyl adjacent to an activating group) is 1. The average molecular weight is 389 g/mol. The van der Waals surface area contributed by atoms with Crippen molar-refractivity contribution < 1.29 is 4.74 Å². The van der Waals surface area contributed by atoms with E-state index in [1.54, 1.807) is 23.3 Å². The quantitative estimate of drug-likeness (QED) is 0.715.